The average Bonchev–Trinajstić information content (AvgIpc) is 3.14. The third kappa shape index (κ3) is 20.7. The number of nitrogens with zero attached hydrogens (tertiary/aromatic N) is 1. The van der Waals surface area contributed by atoms with Crippen molar-refractivity contribution in [1.82, 2.24) is 10.2 Å². The Bertz CT molecular complexity index is 1020. The molecule has 8 atom stereocenters. The normalized spacial score (nSPS) is 25.2. The molecule has 0 spiro atoms. The molecule has 0 radical (unpaired) electrons. The molecule has 0 aromatic carbocycles. The van der Waals surface area contributed by atoms with Gasteiger partial charge in [-0.3, -0.25) is 4.79 Å². The molecule has 2 fully saturated rings. The van der Waals surface area contributed by atoms with E-state index in [2.05, 4.69) is 17.1 Å². The van der Waals surface area contributed by atoms with Crippen LogP contribution < -0.4 is 5.32 Å². The summed E-state index contributed by atoms with van der Waals surface area (Å²) in [4.78, 5) is 15.2. The maximum absolute atomic E-state index is 13.0. The Kier molecular flexibility index (Phi) is 25.9. The molecule has 0 bridgehead atoms. The Morgan fingerprint density at radius 1 is 0.755 bits per heavy atom. The Labute approximate surface area is 320 Å². The molecule has 0 saturated carbocycles. The van der Waals surface area contributed by atoms with Crippen molar-refractivity contribution in [3.63, 3.8) is 0 Å². The van der Waals surface area contributed by atoms with Gasteiger partial charge in [0, 0.05) is 19.5 Å². The Hall–Kier alpha value is -0.940. The summed E-state index contributed by atoms with van der Waals surface area (Å²) in [6.45, 7) is 3.51. The number of unbranched alkanes of at least 4 members (excludes halogenated alkanes) is 18. The predicted molar refractivity (Wildman–Crippen MR) is 206 cm³/mol. The van der Waals surface area contributed by atoms with Crippen molar-refractivity contribution >= 4 is 15.7 Å². The number of rotatable bonds is 31. The van der Waals surface area contributed by atoms with Crippen LogP contribution in [0.4, 0.5) is 0 Å². The molecular formula is C39H76N2O11S. The lowest BCUT2D eigenvalue weighted by Gasteiger charge is -2.40. The quantitative estimate of drug-likeness (QED) is 0.0506. The van der Waals surface area contributed by atoms with Gasteiger partial charge in [-0.25, -0.2) is 8.42 Å². The largest absolute Gasteiger partial charge is 0.394 e. The molecule has 314 valence electrons. The van der Waals surface area contributed by atoms with Gasteiger partial charge in [0.05, 0.1) is 36.9 Å². The predicted octanol–water partition coefficient (Wildman–Crippen LogP) is 3.34. The minimum absolute atomic E-state index is 0.240. The van der Waals surface area contributed by atoms with Gasteiger partial charge in [0.1, 0.15) is 30.5 Å². The van der Waals surface area contributed by atoms with Crippen molar-refractivity contribution in [1.29, 1.82) is 0 Å². The molecular weight excluding hydrogens is 704 g/mol. The molecule has 13 nitrogen and oxygen atoms in total. The second-order valence-electron chi connectivity index (χ2n) is 15.5. The summed E-state index contributed by atoms with van der Waals surface area (Å²) in [6.07, 6.45) is 13.0. The fourth-order valence-electron chi connectivity index (χ4n) is 7.20. The van der Waals surface area contributed by atoms with Gasteiger partial charge in [-0.15, -0.1) is 0 Å². The SMILES string of the molecule is CCCCCCCCCCCCCC[C@@H](O)[C@@H](O)[C@H](CO[C@H]1O[C@H](CO)[C@H](O)[C@H](O)[C@H]1O)NC(=O)CCCCCCCCCCN1CCS(=O)(=O)CC1. The molecule has 2 saturated heterocycles. The van der Waals surface area contributed by atoms with Crippen LogP contribution in [0.15, 0.2) is 0 Å². The molecule has 14 heteroatoms. The number of hydrogen-bond donors (Lipinski definition) is 7. The van der Waals surface area contributed by atoms with E-state index in [1.807, 2.05) is 0 Å². The molecule has 2 aliphatic heterocycles. The van der Waals surface area contributed by atoms with E-state index >= 15 is 0 Å². The van der Waals surface area contributed by atoms with Gasteiger partial charge in [-0.1, -0.05) is 122 Å². The second kappa shape index (κ2) is 28.5. The standard InChI is InChI=1S/C39H76N2O11S/c1-2-3-4-5-6-7-8-9-10-13-16-19-22-32(43)35(45)31(30-51-39-38(48)37(47)36(46)33(29-42)52-39)40-34(44)23-20-17-14-11-12-15-18-21-24-41-25-27-53(49,50)28-26-41/h31-33,35-39,42-43,45-48H,2-30H2,1H3,(H,40,44)/t31-,32+,33+,35-,36-,37-,38+,39-/m0/s1. The summed E-state index contributed by atoms with van der Waals surface area (Å²) >= 11 is 0. The van der Waals surface area contributed by atoms with Crippen LogP contribution in [0.25, 0.3) is 0 Å². The van der Waals surface area contributed by atoms with Crippen molar-refractivity contribution < 1.29 is 53.3 Å². The van der Waals surface area contributed by atoms with Gasteiger partial charge in [-0.05, 0) is 25.8 Å². The number of nitrogens with one attached hydrogen (secondary N) is 1. The summed E-state index contributed by atoms with van der Waals surface area (Å²) in [5.41, 5.74) is 0. The number of aliphatic hydroxyl groups is 6. The molecule has 0 aromatic rings. The molecule has 7 N–H and O–H groups in total. The van der Waals surface area contributed by atoms with Crippen LogP contribution in [-0.2, 0) is 24.1 Å². The van der Waals surface area contributed by atoms with E-state index in [0.717, 1.165) is 77.2 Å². The van der Waals surface area contributed by atoms with E-state index in [0.29, 0.717) is 25.9 Å². The highest BCUT2D eigenvalue weighted by molar-refractivity contribution is 7.91. The first-order valence-electron chi connectivity index (χ1n) is 21.0. The van der Waals surface area contributed by atoms with E-state index in [9.17, 15) is 43.9 Å². The van der Waals surface area contributed by atoms with Crippen LogP contribution in [0.2, 0.25) is 0 Å². The van der Waals surface area contributed by atoms with Crippen molar-refractivity contribution in [3.05, 3.63) is 0 Å². The molecule has 2 aliphatic rings. The van der Waals surface area contributed by atoms with Crippen LogP contribution in [0.1, 0.15) is 148 Å². The van der Waals surface area contributed by atoms with E-state index in [1.54, 1.807) is 0 Å². The van der Waals surface area contributed by atoms with Gasteiger partial charge in [0.25, 0.3) is 0 Å². The molecule has 0 unspecified atom stereocenters. The van der Waals surface area contributed by atoms with Crippen molar-refractivity contribution in [2.45, 2.75) is 197 Å². The van der Waals surface area contributed by atoms with Gasteiger partial charge in [-0.2, -0.15) is 0 Å². The number of carbonyl (C=O) groups is 1. The highest BCUT2D eigenvalue weighted by Crippen LogP contribution is 2.23. The zero-order valence-electron chi connectivity index (χ0n) is 32.7. The maximum atomic E-state index is 13.0. The van der Waals surface area contributed by atoms with Gasteiger partial charge < -0.3 is 50.3 Å². The molecule has 2 heterocycles. The van der Waals surface area contributed by atoms with Gasteiger partial charge >= 0.3 is 0 Å². The van der Waals surface area contributed by atoms with Crippen LogP contribution in [0, 0.1) is 0 Å². The summed E-state index contributed by atoms with van der Waals surface area (Å²) in [5.74, 6) is 0.238. The first-order chi connectivity index (χ1) is 25.5. The van der Waals surface area contributed by atoms with Crippen LogP contribution in [0.5, 0.6) is 0 Å². The number of hydrogen-bond acceptors (Lipinski definition) is 12. The van der Waals surface area contributed by atoms with Crippen LogP contribution in [-0.4, -0.2) is 143 Å². The Morgan fingerprint density at radius 2 is 1.26 bits per heavy atom. The highest BCUT2D eigenvalue weighted by atomic mass is 32.2. The second-order valence-corrected chi connectivity index (χ2v) is 17.8. The number of carbonyl (C=O) groups excluding carboxylic acids is 1. The Balaban J connectivity index is 1.70. The molecule has 53 heavy (non-hydrogen) atoms. The third-order valence-electron chi connectivity index (χ3n) is 10.9. The topological polar surface area (TPSA) is 206 Å². The fraction of sp³-hybridized carbons (Fsp3) is 0.974. The van der Waals surface area contributed by atoms with E-state index in [4.69, 9.17) is 9.47 Å². The molecule has 1 amide bonds. The van der Waals surface area contributed by atoms with Crippen molar-refractivity contribution in [3.8, 4) is 0 Å². The molecule has 2 rings (SSSR count). The minimum Gasteiger partial charge on any atom is -0.394 e. The Morgan fingerprint density at radius 3 is 1.81 bits per heavy atom. The summed E-state index contributed by atoms with van der Waals surface area (Å²) in [7, 11) is -2.84. The number of amides is 1. The van der Waals surface area contributed by atoms with Gasteiger partial charge in [0.15, 0.2) is 16.1 Å². The van der Waals surface area contributed by atoms with Crippen molar-refractivity contribution in [2.75, 3.05) is 44.4 Å². The summed E-state index contributed by atoms with van der Waals surface area (Å²) in [5, 5.41) is 64.9. The van der Waals surface area contributed by atoms with Gasteiger partial charge in [0.2, 0.25) is 5.91 Å². The fourth-order valence-corrected chi connectivity index (χ4v) is 8.47. The van der Waals surface area contributed by atoms with E-state index in [-0.39, 0.29) is 30.4 Å². The average molecular weight is 781 g/mol. The minimum atomic E-state index is -2.84. The number of aliphatic hydroxyl groups excluding tert-OH is 6. The maximum Gasteiger partial charge on any atom is 0.220 e. The summed E-state index contributed by atoms with van der Waals surface area (Å²) in [6, 6.07) is -1.02. The van der Waals surface area contributed by atoms with E-state index in [1.165, 1.54) is 51.4 Å². The monoisotopic (exact) mass is 781 g/mol. The van der Waals surface area contributed by atoms with Crippen molar-refractivity contribution in [2.24, 2.45) is 0 Å². The van der Waals surface area contributed by atoms with Crippen LogP contribution >= 0.6 is 0 Å². The molecule has 0 aliphatic carbocycles. The smallest absolute Gasteiger partial charge is 0.220 e. The first kappa shape index (κ1) is 48.2. The number of sulfone groups is 1. The van der Waals surface area contributed by atoms with E-state index < -0.39 is 65.4 Å². The first-order valence-corrected chi connectivity index (χ1v) is 22.8. The lowest BCUT2D eigenvalue weighted by molar-refractivity contribution is -0.303. The lowest BCUT2D eigenvalue weighted by Crippen LogP contribution is -2.60. The highest BCUT2D eigenvalue weighted by Gasteiger charge is 2.44. The summed E-state index contributed by atoms with van der Waals surface area (Å²) < 4.78 is 34.2. The lowest BCUT2D eigenvalue weighted by atomic mass is 9.98. The third-order valence-corrected chi connectivity index (χ3v) is 12.5. The van der Waals surface area contributed by atoms with Crippen LogP contribution in [0.3, 0.4) is 0 Å². The zero-order chi connectivity index (χ0) is 38.9. The molecule has 0 aromatic heterocycles. The zero-order valence-corrected chi connectivity index (χ0v) is 33.5. The number of ether oxygens (including phenoxy) is 2.